The molecule has 0 aromatic carbocycles. The highest BCUT2D eigenvalue weighted by Crippen LogP contribution is 2.29. The van der Waals surface area contributed by atoms with Crippen molar-refractivity contribution in [1.29, 1.82) is 0 Å². The summed E-state index contributed by atoms with van der Waals surface area (Å²) in [5, 5.41) is 0. The molecule has 0 bridgehead atoms. The Morgan fingerprint density at radius 1 is 0.765 bits per heavy atom. The Labute approximate surface area is 88.2 Å². The van der Waals surface area contributed by atoms with Crippen molar-refractivity contribution >= 4 is 0 Å². The molecule has 0 aliphatic heterocycles. The largest absolute Gasteiger partial charge is 0.331 e. The number of hydrogen-bond donors (Lipinski definition) is 0. The molecule has 10 heteroatoms. The molecule has 0 saturated heterocycles. The molecule has 0 N–H and O–H groups in total. The molecule has 0 spiro atoms. The first kappa shape index (κ1) is 18.2. The molecule has 0 rings (SSSR count). The van der Waals surface area contributed by atoms with E-state index in [1.54, 1.807) is 0 Å². The summed E-state index contributed by atoms with van der Waals surface area (Å²) in [6.07, 6.45) is -5.77. The quantitative estimate of drug-likeness (QED) is 0.656. The maximum atomic E-state index is 11.5. The van der Waals surface area contributed by atoms with Gasteiger partial charge in [0.25, 0.3) is 0 Å². The summed E-state index contributed by atoms with van der Waals surface area (Å²) in [5.41, 5.74) is 0. The highest BCUT2D eigenvalue weighted by molar-refractivity contribution is 5.04. The lowest BCUT2D eigenvalue weighted by molar-refractivity contribution is -0.0118. The summed E-state index contributed by atoms with van der Waals surface area (Å²) in [6.45, 7) is -4.18. The van der Waals surface area contributed by atoms with Crippen LogP contribution in [0.15, 0.2) is 23.8 Å². The van der Waals surface area contributed by atoms with Crippen molar-refractivity contribution in [3.05, 3.63) is 23.8 Å². The Kier molecular flexibility index (Phi) is 8.50. The van der Waals surface area contributed by atoms with Gasteiger partial charge in [0.1, 0.15) is 6.67 Å². The maximum Gasteiger partial charge on any atom is 0.331 e. The minimum atomic E-state index is -4.68. The lowest BCUT2D eigenvalue weighted by Gasteiger charge is -2.06. The number of rotatable bonds is 3. The lowest BCUT2D eigenvalue weighted by Crippen LogP contribution is -2.19. The first-order valence-corrected chi connectivity index (χ1v) is 3.50. The summed E-state index contributed by atoms with van der Waals surface area (Å²) < 4.78 is 111. The second-order valence-electron chi connectivity index (χ2n) is 2.21. The standard InChI is InChI=1S/C4H2F6.C3H2F4/c5-1-4(9,10)2(6)3(7)8;4-1-2(5)3(6)7/h1H2;1H2. The van der Waals surface area contributed by atoms with Crippen LogP contribution in [0.25, 0.3) is 0 Å². The summed E-state index contributed by atoms with van der Waals surface area (Å²) in [7, 11) is 0. The van der Waals surface area contributed by atoms with Gasteiger partial charge in [0.05, 0.1) is 0 Å². The normalized spacial score (nSPS) is 10.2. The van der Waals surface area contributed by atoms with Gasteiger partial charge in [0, 0.05) is 0 Å². The Balaban J connectivity index is 0. The minimum Gasteiger partial charge on any atom is -0.244 e. The molecular weight excluding hydrogens is 274 g/mol. The second kappa shape index (κ2) is 7.96. The first-order chi connectivity index (χ1) is 7.60. The molecule has 0 nitrogen and oxygen atoms in total. The van der Waals surface area contributed by atoms with Gasteiger partial charge in [0.15, 0.2) is 12.5 Å². The van der Waals surface area contributed by atoms with Crippen LogP contribution in [0.1, 0.15) is 0 Å². The van der Waals surface area contributed by atoms with E-state index in [9.17, 15) is 43.9 Å². The van der Waals surface area contributed by atoms with E-state index >= 15 is 0 Å². The number of halogens is 10. The molecule has 0 fully saturated rings. The smallest absolute Gasteiger partial charge is 0.244 e. The molecule has 0 aromatic heterocycles. The summed E-state index contributed by atoms with van der Waals surface area (Å²) >= 11 is 0. The third-order valence-electron chi connectivity index (χ3n) is 0.977. The van der Waals surface area contributed by atoms with Gasteiger partial charge in [-0.1, -0.05) is 0 Å². The van der Waals surface area contributed by atoms with E-state index in [0.29, 0.717) is 0 Å². The van der Waals surface area contributed by atoms with Crippen LogP contribution in [0.2, 0.25) is 0 Å². The Morgan fingerprint density at radius 2 is 1.18 bits per heavy atom. The van der Waals surface area contributed by atoms with Crippen LogP contribution >= 0.6 is 0 Å². The molecule has 0 unspecified atom stereocenters. The second-order valence-corrected chi connectivity index (χ2v) is 2.21. The van der Waals surface area contributed by atoms with E-state index in [0.717, 1.165) is 0 Å². The fourth-order valence-electron chi connectivity index (χ4n) is 0.247. The molecule has 102 valence electrons. The van der Waals surface area contributed by atoms with Crippen LogP contribution in [0.4, 0.5) is 43.9 Å². The van der Waals surface area contributed by atoms with Crippen molar-refractivity contribution in [1.82, 2.24) is 0 Å². The van der Waals surface area contributed by atoms with E-state index in [2.05, 4.69) is 0 Å². The molecule has 0 radical (unpaired) electrons. The number of allylic oxidation sites excluding steroid dienone is 2. The van der Waals surface area contributed by atoms with Gasteiger partial charge in [-0.3, -0.25) is 0 Å². The lowest BCUT2D eigenvalue weighted by atomic mass is 10.3. The molecule has 0 amide bonds. The fourth-order valence-corrected chi connectivity index (χ4v) is 0.247. The monoisotopic (exact) mass is 278 g/mol. The van der Waals surface area contributed by atoms with Gasteiger partial charge in [-0.15, -0.1) is 0 Å². The van der Waals surface area contributed by atoms with Crippen LogP contribution in [0, 0.1) is 0 Å². The van der Waals surface area contributed by atoms with Crippen molar-refractivity contribution in [2.75, 3.05) is 13.3 Å². The zero-order valence-corrected chi connectivity index (χ0v) is 7.69. The van der Waals surface area contributed by atoms with Crippen LogP contribution < -0.4 is 0 Å². The highest BCUT2D eigenvalue weighted by Gasteiger charge is 2.39. The molecule has 0 saturated carbocycles. The average Bonchev–Trinajstić information content (AvgIpc) is 2.27. The Hall–Kier alpha value is -1.22. The molecule has 0 heterocycles. The van der Waals surface area contributed by atoms with Gasteiger partial charge in [-0.05, 0) is 0 Å². The van der Waals surface area contributed by atoms with Gasteiger partial charge >= 0.3 is 18.1 Å². The van der Waals surface area contributed by atoms with Crippen LogP contribution in [0.5, 0.6) is 0 Å². The van der Waals surface area contributed by atoms with E-state index in [1.807, 2.05) is 0 Å². The number of alkyl halides is 4. The van der Waals surface area contributed by atoms with E-state index in [-0.39, 0.29) is 0 Å². The van der Waals surface area contributed by atoms with E-state index < -0.39 is 43.1 Å². The topological polar surface area (TPSA) is 0 Å². The van der Waals surface area contributed by atoms with E-state index in [4.69, 9.17) is 0 Å². The van der Waals surface area contributed by atoms with Crippen molar-refractivity contribution in [2.24, 2.45) is 0 Å². The van der Waals surface area contributed by atoms with Crippen LogP contribution in [-0.4, -0.2) is 19.3 Å². The van der Waals surface area contributed by atoms with Crippen molar-refractivity contribution in [3.8, 4) is 0 Å². The summed E-state index contributed by atoms with van der Waals surface area (Å²) in [6, 6.07) is 0. The third kappa shape index (κ3) is 7.64. The minimum absolute atomic E-state index is 1.72. The molecule has 0 aliphatic carbocycles. The van der Waals surface area contributed by atoms with Gasteiger partial charge in [-0.25, -0.2) is 13.2 Å². The highest BCUT2D eigenvalue weighted by atomic mass is 19.3. The van der Waals surface area contributed by atoms with Crippen molar-refractivity contribution < 1.29 is 43.9 Å². The summed E-state index contributed by atoms with van der Waals surface area (Å²) in [5.74, 6) is -9.67. The zero-order valence-electron chi connectivity index (χ0n) is 7.69. The maximum absolute atomic E-state index is 11.5. The predicted octanol–water partition coefficient (Wildman–Crippen LogP) is 4.70. The fraction of sp³-hybridized carbons (Fsp3) is 0.429. The zero-order chi connectivity index (χ0) is 14.2. The third-order valence-corrected chi connectivity index (χ3v) is 0.977. The number of hydrogen-bond acceptors (Lipinski definition) is 0. The van der Waals surface area contributed by atoms with Crippen molar-refractivity contribution in [3.63, 3.8) is 0 Å². The Bertz CT molecular complexity index is 283. The molecule has 17 heavy (non-hydrogen) atoms. The Morgan fingerprint density at radius 3 is 1.24 bits per heavy atom. The average molecular weight is 278 g/mol. The summed E-state index contributed by atoms with van der Waals surface area (Å²) in [4.78, 5) is 0. The van der Waals surface area contributed by atoms with Gasteiger partial charge < -0.3 is 0 Å². The molecular formula is C7H4F10. The SMILES string of the molecule is FCC(F)(F)C(F)=C(F)F.FCC(F)=C(F)F. The van der Waals surface area contributed by atoms with Gasteiger partial charge in [0.2, 0.25) is 5.83 Å². The van der Waals surface area contributed by atoms with E-state index in [1.165, 1.54) is 0 Å². The van der Waals surface area contributed by atoms with Crippen LogP contribution in [0.3, 0.4) is 0 Å². The molecule has 0 atom stereocenters. The molecule has 0 aliphatic rings. The first-order valence-electron chi connectivity index (χ1n) is 3.50. The van der Waals surface area contributed by atoms with Crippen LogP contribution in [-0.2, 0) is 0 Å². The predicted molar refractivity (Wildman–Crippen MR) is 37.6 cm³/mol. The van der Waals surface area contributed by atoms with Gasteiger partial charge in [-0.2, -0.15) is 30.7 Å². The molecule has 0 aromatic rings. The van der Waals surface area contributed by atoms with Crippen molar-refractivity contribution in [2.45, 2.75) is 5.92 Å².